The molecule has 3 rings (SSSR count). The number of carbonyl (C=O) groups excluding carboxylic acids is 1. The van der Waals surface area contributed by atoms with Crippen LogP contribution in [0.25, 0.3) is 0 Å². The third-order valence-corrected chi connectivity index (χ3v) is 3.71. The second kappa shape index (κ2) is 6.14. The first kappa shape index (κ1) is 13.9. The molecule has 110 valence electrons. The Kier molecular flexibility index (Phi) is 4.06. The zero-order valence-corrected chi connectivity index (χ0v) is 12.1. The van der Waals surface area contributed by atoms with Crippen molar-refractivity contribution in [2.45, 2.75) is 37.9 Å². The lowest BCUT2D eigenvalue weighted by Gasteiger charge is -2.22. The van der Waals surface area contributed by atoms with Crippen molar-refractivity contribution in [3.05, 3.63) is 60.1 Å². The van der Waals surface area contributed by atoms with Crippen molar-refractivity contribution in [1.82, 2.24) is 10.6 Å². The predicted octanol–water partition coefficient (Wildman–Crippen LogP) is 2.95. The summed E-state index contributed by atoms with van der Waals surface area (Å²) >= 11 is 0. The highest BCUT2D eigenvalue weighted by Crippen LogP contribution is 2.23. The Morgan fingerprint density at radius 2 is 1.95 bits per heavy atom. The van der Waals surface area contributed by atoms with Gasteiger partial charge in [-0.2, -0.15) is 0 Å². The van der Waals surface area contributed by atoms with Gasteiger partial charge in [0.2, 0.25) is 5.91 Å². The first-order valence-corrected chi connectivity index (χ1v) is 7.39. The summed E-state index contributed by atoms with van der Waals surface area (Å²) in [6.07, 6.45) is 3.82. The van der Waals surface area contributed by atoms with Gasteiger partial charge in [-0.15, -0.1) is 0 Å². The fourth-order valence-corrected chi connectivity index (χ4v) is 2.35. The predicted molar refractivity (Wildman–Crippen MR) is 80.6 cm³/mol. The Hall–Kier alpha value is -2.07. The van der Waals surface area contributed by atoms with E-state index in [0.29, 0.717) is 6.04 Å². The van der Waals surface area contributed by atoms with Crippen LogP contribution in [0, 0.1) is 0 Å². The van der Waals surface area contributed by atoms with Crippen molar-refractivity contribution in [1.29, 1.82) is 0 Å². The summed E-state index contributed by atoms with van der Waals surface area (Å²) in [7, 11) is 0. The maximum atomic E-state index is 12.5. The van der Waals surface area contributed by atoms with Crippen LogP contribution in [0.2, 0.25) is 0 Å². The first-order valence-electron chi connectivity index (χ1n) is 7.39. The van der Waals surface area contributed by atoms with Gasteiger partial charge in [0, 0.05) is 6.04 Å². The second-order valence-electron chi connectivity index (χ2n) is 5.53. The van der Waals surface area contributed by atoms with E-state index >= 15 is 0 Å². The highest BCUT2D eigenvalue weighted by atomic mass is 16.3. The summed E-state index contributed by atoms with van der Waals surface area (Å²) < 4.78 is 5.41. The SMILES string of the molecule is C[C@H](N[C@@H](C(=O)NC1CC1)c1ccccc1)c1ccco1. The number of carbonyl (C=O) groups is 1. The topological polar surface area (TPSA) is 54.3 Å². The highest BCUT2D eigenvalue weighted by Gasteiger charge is 2.29. The molecular weight excluding hydrogens is 264 g/mol. The quantitative estimate of drug-likeness (QED) is 0.857. The molecule has 0 aliphatic heterocycles. The van der Waals surface area contributed by atoms with Crippen molar-refractivity contribution in [3.8, 4) is 0 Å². The monoisotopic (exact) mass is 284 g/mol. The van der Waals surface area contributed by atoms with Crippen molar-refractivity contribution in [2.24, 2.45) is 0 Å². The standard InChI is InChI=1S/C17H20N2O2/c1-12(15-8-5-11-21-15)18-16(13-6-3-2-4-7-13)17(20)19-14-9-10-14/h2-8,11-12,14,16,18H,9-10H2,1H3,(H,19,20)/t12-,16+/m0/s1. The molecule has 0 unspecified atom stereocenters. The van der Waals surface area contributed by atoms with Crippen molar-refractivity contribution >= 4 is 5.91 Å². The number of furan rings is 1. The van der Waals surface area contributed by atoms with Crippen LogP contribution in [-0.4, -0.2) is 11.9 Å². The molecule has 0 radical (unpaired) electrons. The molecule has 21 heavy (non-hydrogen) atoms. The van der Waals surface area contributed by atoms with Crippen molar-refractivity contribution < 1.29 is 9.21 Å². The van der Waals surface area contributed by atoms with Crippen LogP contribution in [0.3, 0.4) is 0 Å². The molecule has 1 heterocycles. The van der Waals surface area contributed by atoms with Crippen LogP contribution >= 0.6 is 0 Å². The van der Waals surface area contributed by atoms with Gasteiger partial charge in [-0.1, -0.05) is 30.3 Å². The largest absolute Gasteiger partial charge is 0.468 e. The van der Waals surface area contributed by atoms with E-state index in [-0.39, 0.29) is 18.0 Å². The fraction of sp³-hybridized carbons (Fsp3) is 0.353. The highest BCUT2D eigenvalue weighted by molar-refractivity contribution is 5.83. The molecule has 1 aromatic carbocycles. The minimum atomic E-state index is -0.369. The Bertz CT molecular complexity index is 576. The van der Waals surface area contributed by atoms with E-state index in [9.17, 15) is 4.79 Å². The third kappa shape index (κ3) is 3.52. The molecule has 4 nitrogen and oxygen atoms in total. The van der Waals surface area contributed by atoms with Crippen LogP contribution in [-0.2, 0) is 4.79 Å². The second-order valence-corrected chi connectivity index (χ2v) is 5.53. The normalized spacial score (nSPS) is 17.2. The van der Waals surface area contributed by atoms with E-state index in [1.54, 1.807) is 6.26 Å². The number of hydrogen-bond donors (Lipinski definition) is 2. The molecular formula is C17H20N2O2. The number of benzene rings is 1. The average Bonchev–Trinajstić information content (AvgIpc) is 3.15. The van der Waals surface area contributed by atoms with Gasteiger partial charge in [-0.05, 0) is 37.5 Å². The Balaban J connectivity index is 1.76. The molecule has 1 amide bonds. The van der Waals surface area contributed by atoms with Crippen LogP contribution in [0.15, 0.2) is 53.1 Å². The molecule has 2 atom stereocenters. The van der Waals surface area contributed by atoms with Crippen LogP contribution in [0.1, 0.15) is 43.2 Å². The lowest BCUT2D eigenvalue weighted by atomic mass is 10.0. The molecule has 1 aliphatic rings. The van der Waals surface area contributed by atoms with Gasteiger partial charge in [0.15, 0.2) is 0 Å². The number of hydrogen-bond acceptors (Lipinski definition) is 3. The number of rotatable bonds is 6. The summed E-state index contributed by atoms with van der Waals surface area (Å²) in [6, 6.07) is 13.5. The molecule has 0 spiro atoms. The third-order valence-electron chi connectivity index (χ3n) is 3.71. The molecule has 2 aromatic rings. The van der Waals surface area contributed by atoms with Crippen molar-refractivity contribution in [2.75, 3.05) is 0 Å². The van der Waals surface area contributed by atoms with E-state index < -0.39 is 0 Å². The van der Waals surface area contributed by atoms with Gasteiger partial charge in [0.05, 0.1) is 12.3 Å². The summed E-state index contributed by atoms with van der Waals surface area (Å²) in [5.41, 5.74) is 0.967. The van der Waals surface area contributed by atoms with Gasteiger partial charge in [-0.25, -0.2) is 0 Å². The lowest BCUT2D eigenvalue weighted by Crippen LogP contribution is -2.39. The van der Waals surface area contributed by atoms with Crippen molar-refractivity contribution in [3.63, 3.8) is 0 Å². The molecule has 1 saturated carbocycles. The van der Waals surface area contributed by atoms with E-state index in [0.717, 1.165) is 24.2 Å². The van der Waals surface area contributed by atoms with Gasteiger partial charge < -0.3 is 9.73 Å². The minimum Gasteiger partial charge on any atom is -0.468 e. The maximum Gasteiger partial charge on any atom is 0.241 e. The average molecular weight is 284 g/mol. The Morgan fingerprint density at radius 1 is 1.19 bits per heavy atom. The van der Waals surface area contributed by atoms with E-state index in [1.165, 1.54) is 0 Å². The zero-order valence-electron chi connectivity index (χ0n) is 12.1. The molecule has 0 saturated heterocycles. The smallest absolute Gasteiger partial charge is 0.241 e. The Labute approximate surface area is 124 Å². The minimum absolute atomic E-state index is 0.0297. The molecule has 4 heteroatoms. The van der Waals surface area contributed by atoms with Gasteiger partial charge >= 0.3 is 0 Å². The Morgan fingerprint density at radius 3 is 2.57 bits per heavy atom. The van der Waals surface area contributed by atoms with E-state index in [4.69, 9.17) is 4.42 Å². The molecule has 1 aromatic heterocycles. The van der Waals surface area contributed by atoms with Gasteiger partial charge in [0.1, 0.15) is 11.8 Å². The van der Waals surface area contributed by atoms with E-state index in [2.05, 4.69) is 10.6 Å². The summed E-state index contributed by atoms with van der Waals surface area (Å²) in [5, 5.41) is 6.43. The lowest BCUT2D eigenvalue weighted by molar-refractivity contribution is -0.123. The zero-order chi connectivity index (χ0) is 14.7. The summed E-state index contributed by atoms with van der Waals surface area (Å²) in [6.45, 7) is 2.00. The maximum absolute atomic E-state index is 12.5. The van der Waals surface area contributed by atoms with Crippen LogP contribution < -0.4 is 10.6 Å². The van der Waals surface area contributed by atoms with E-state index in [1.807, 2.05) is 49.4 Å². The van der Waals surface area contributed by atoms with Crippen LogP contribution in [0.5, 0.6) is 0 Å². The summed E-state index contributed by atoms with van der Waals surface area (Å²) in [5.74, 6) is 0.859. The van der Waals surface area contributed by atoms with Crippen LogP contribution in [0.4, 0.5) is 0 Å². The molecule has 2 N–H and O–H groups in total. The summed E-state index contributed by atoms with van der Waals surface area (Å²) in [4.78, 5) is 12.5. The van der Waals surface area contributed by atoms with Gasteiger partial charge in [0.25, 0.3) is 0 Å². The van der Waals surface area contributed by atoms with Gasteiger partial charge in [-0.3, -0.25) is 10.1 Å². The number of amides is 1. The number of nitrogens with one attached hydrogen (secondary N) is 2. The molecule has 1 aliphatic carbocycles. The molecule has 1 fully saturated rings. The first-order chi connectivity index (χ1) is 10.2. The molecule has 0 bridgehead atoms. The fourth-order valence-electron chi connectivity index (χ4n) is 2.35.